The van der Waals surface area contributed by atoms with Crippen LogP contribution in [0.1, 0.15) is 28.4 Å². The summed E-state index contributed by atoms with van der Waals surface area (Å²) in [5.74, 6) is 0.499. The van der Waals surface area contributed by atoms with Crippen molar-refractivity contribution >= 4 is 29.0 Å². The zero-order valence-electron chi connectivity index (χ0n) is 11.9. The van der Waals surface area contributed by atoms with Gasteiger partial charge in [-0.15, -0.1) is 23.1 Å². The van der Waals surface area contributed by atoms with Crippen LogP contribution in [0.4, 0.5) is 4.39 Å². The third-order valence-corrected chi connectivity index (χ3v) is 5.13. The topological polar surface area (TPSA) is 42.0 Å². The van der Waals surface area contributed by atoms with Crippen molar-refractivity contribution in [2.24, 2.45) is 0 Å². The van der Waals surface area contributed by atoms with E-state index in [4.69, 9.17) is 0 Å². The molecule has 3 nitrogen and oxygen atoms in total. The number of likely N-dealkylation sites (N-methyl/N-ethyl adjacent to an activating group) is 1. The number of hydrogen-bond donors (Lipinski definition) is 1. The molecule has 112 valence electrons. The maximum absolute atomic E-state index is 13.7. The van der Waals surface area contributed by atoms with Crippen LogP contribution in [0.25, 0.3) is 0 Å². The molecule has 6 heteroatoms. The minimum Gasteiger partial charge on any atom is -0.359 e. The number of halogens is 1. The molecule has 0 bridgehead atoms. The van der Waals surface area contributed by atoms with Crippen molar-refractivity contribution in [1.29, 1.82) is 0 Å². The Kier molecular flexibility index (Phi) is 5.76. The van der Waals surface area contributed by atoms with Gasteiger partial charge in [0.15, 0.2) is 0 Å². The summed E-state index contributed by atoms with van der Waals surface area (Å²) in [4.78, 5) is 15.7. The standard InChI is InChI=1S/C15H17FN2OS2/c1-10(12-5-3-4-6-13(12)16)20-8-11-9-21-15(18-11)7-14(19)17-2/h3-6,9-10H,7-8H2,1-2H3,(H,17,19)/t10-/m0/s1. The van der Waals surface area contributed by atoms with Crippen LogP contribution >= 0.6 is 23.1 Å². The first kappa shape index (κ1) is 16.0. The summed E-state index contributed by atoms with van der Waals surface area (Å²) in [6.07, 6.45) is 0.314. The van der Waals surface area contributed by atoms with E-state index >= 15 is 0 Å². The molecule has 21 heavy (non-hydrogen) atoms. The average Bonchev–Trinajstić information content (AvgIpc) is 2.92. The van der Waals surface area contributed by atoms with Gasteiger partial charge >= 0.3 is 0 Å². The van der Waals surface area contributed by atoms with Gasteiger partial charge in [-0.2, -0.15) is 0 Å². The van der Waals surface area contributed by atoms with Crippen LogP contribution in [0.3, 0.4) is 0 Å². The number of amides is 1. The van der Waals surface area contributed by atoms with E-state index in [9.17, 15) is 9.18 Å². The van der Waals surface area contributed by atoms with E-state index in [1.54, 1.807) is 24.9 Å². The quantitative estimate of drug-likeness (QED) is 0.883. The first-order valence-electron chi connectivity index (χ1n) is 6.60. The molecule has 1 atom stereocenters. The van der Waals surface area contributed by atoms with Gasteiger partial charge in [0.05, 0.1) is 12.1 Å². The fourth-order valence-electron chi connectivity index (χ4n) is 1.83. The van der Waals surface area contributed by atoms with Crippen LogP contribution in [0, 0.1) is 5.82 Å². The van der Waals surface area contributed by atoms with Crippen LogP contribution in [-0.2, 0) is 17.0 Å². The highest BCUT2D eigenvalue weighted by atomic mass is 32.2. The summed E-state index contributed by atoms with van der Waals surface area (Å²) < 4.78 is 13.7. The molecule has 1 N–H and O–H groups in total. The van der Waals surface area contributed by atoms with Crippen molar-refractivity contribution in [3.05, 3.63) is 51.7 Å². The normalized spacial score (nSPS) is 12.1. The zero-order valence-corrected chi connectivity index (χ0v) is 13.6. The summed E-state index contributed by atoms with van der Waals surface area (Å²) >= 11 is 3.12. The highest BCUT2D eigenvalue weighted by Gasteiger charge is 2.12. The third kappa shape index (κ3) is 4.54. The highest BCUT2D eigenvalue weighted by Crippen LogP contribution is 2.32. The lowest BCUT2D eigenvalue weighted by molar-refractivity contribution is -0.119. The van der Waals surface area contributed by atoms with Crippen LogP contribution in [0.2, 0.25) is 0 Å². The van der Waals surface area contributed by atoms with Crippen molar-refractivity contribution in [2.45, 2.75) is 24.3 Å². The third-order valence-electron chi connectivity index (χ3n) is 3.01. The highest BCUT2D eigenvalue weighted by molar-refractivity contribution is 7.98. The van der Waals surface area contributed by atoms with Gasteiger partial charge in [0.1, 0.15) is 10.8 Å². The van der Waals surface area contributed by atoms with E-state index in [0.29, 0.717) is 17.7 Å². The fourth-order valence-corrected chi connectivity index (χ4v) is 3.66. The molecule has 0 aliphatic carbocycles. The van der Waals surface area contributed by atoms with Gasteiger partial charge < -0.3 is 5.32 Å². The largest absolute Gasteiger partial charge is 0.359 e. The minimum atomic E-state index is -0.170. The number of benzene rings is 1. The second kappa shape index (κ2) is 7.56. The van der Waals surface area contributed by atoms with E-state index in [1.807, 2.05) is 24.4 Å². The molecule has 2 aromatic rings. The Morgan fingerprint density at radius 2 is 2.24 bits per heavy atom. The van der Waals surface area contributed by atoms with Gasteiger partial charge in [-0.3, -0.25) is 4.79 Å². The maximum atomic E-state index is 13.7. The Morgan fingerprint density at radius 1 is 1.48 bits per heavy atom. The molecule has 1 aromatic heterocycles. The van der Waals surface area contributed by atoms with E-state index in [0.717, 1.165) is 10.7 Å². The second-order valence-electron chi connectivity index (χ2n) is 4.56. The summed E-state index contributed by atoms with van der Waals surface area (Å²) in [5, 5.41) is 5.41. The number of hydrogen-bond acceptors (Lipinski definition) is 4. The lowest BCUT2D eigenvalue weighted by atomic mass is 10.1. The van der Waals surface area contributed by atoms with E-state index in [-0.39, 0.29) is 17.0 Å². The summed E-state index contributed by atoms with van der Waals surface area (Å²) in [5.41, 5.74) is 1.65. The number of nitrogens with one attached hydrogen (secondary N) is 1. The van der Waals surface area contributed by atoms with Crippen molar-refractivity contribution in [2.75, 3.05) is 7.05 Å². The SMILES string of the molecule is CNC(=O)Cc1nc(CS[C@@H](C)c2ccccc2F)cs1. The second-order valence-corrected chi connectivity index (χ2v) is 6.83. The number of thiazole rings is 1. The van der Waals surface area contributed by atoms with Crippen LogP contribution in [0.15, 0.2) is 29.6 Å². The molecule has 1 aromatic carbocycles. The number of carbonyl (C=O) groups is 1. The van der Waals surface area contributed by atoms with Gasteiger partial charge in [0.25, 0.3) is 0 Å². The Labute approximate surface area is 132 Å². The molecule has 1 amide bonds. The molecular weight excluding hydrogens is 307 g/mol. The van der Waals surface area contributed by atoms with Crippen molar-refractivity contribution in [1.82, 2.24) is 10.3 Å². The smallest absolute Gasteiger partial charge is 0.226 e. The van der Waals surface area contributed by atoms with Crippen LogP contribution in [-0.4, -0.2) is 17.9 Å². The lowest BCUT2D eigenvalue weighted by Gasteiger charge is -2.11. The number of aromatic nitrogens is 1. The monoisotopic (exact) mass is 324 g/mol. The number of carbonyl (C=O) groups excluding carboxylic acids is 1. The molecule has 0 unspecified atom stereocenters. The van der Waals surface area contributed by atoms with E-state index in [2.05, 4.69) is 10.3 Å². The van der Waals surface area contributed by atoms with Gasteiger partial charge in [-0.25, -0.2) is 9.37 Å². The molecule has 1 heterocycles. The van der Waals surface area contributed by atoms with Crippen LogP contribution < -0.4 is 5.32 Å². The van der Waals surface area contributed by atoms with Crippen LogP contribution in [0.5, 0.6) is 0 Å². The Morgan fingerprint density at radius 3 is 2.95 bits per heavy atom. The molecule has 0 aliphatic rings. The molecular formula is C15H17FN2OS2. The first-order chi connectivity index (χ1) is 10.1. The molecule has 0 saturated carbocycles. The number of nitrogens with zero attached hydrogens (tertiary/aromatic N) is 1. The van der Waals surface area contributed by atoms with E-state index in [1.165, 1.54) is 17.4 Å². The Hall–Kier alpha value is -1.40. The minimum absolute atomic E-state index is 0.0386. The summed E-state index contributed by atoms with van der Waals surface area (Å²) in [6.45, 7) is 1.99. The van der Waals surface area contributed by atoms with Gasteiger partial charge in [-0.05, 0) is 13.0 Å². The van der Waals surface area contributed by atoms with Crippen molar-refractivity contribution < 1.29 is 9.18 Å². The summed E-state index contributed by atoms with van der Waals surface area (Å²) in [7, 11) is 1.61. The van der Waals surface area contributed by atoms with Crippen molar-refractivity contribution in [3.8, 4) is 0 Å². The maximum Gasteiger partial charge on any atom is 0.226 e. The fraction of sp³-hybridized carbons (Fsp3) is 0.333. The number of thioether (sulfide) groups is 1. The molecule has 2 rings (SSSR count). The lowest BCUT2D eigenvalue weighted by Crippen LogP contribution is -2.19. The summed E-state index contributed by atoms with van der Waals surface area (Å²) in [6, 6.07) is 6.84. The van der Waals surface area contributed by atoms with Gasteiger partial charge in [-0.1, -0.05) is 18.2 Å². The molecule has 0 saturated heterocycles. The van der Waals surface area contributed by atoms with Gasteiger partial charge in [0, 0.05) is 29.0 Å². The molecule has 0 radical (unpaired) electrons. The molecule has 0 aliphatic heterocycles. The number of rotatable bonds is 6. The first-order valence-corrected chi connectivity index (χ1v) is 8.53. The van der Waals surface area contributed by atoms with Gasteiger partial charge in [0.2, 0.25) is 5.91 Å². The average molecular weight is 324 g/mol. The zero-order chi connectivity index (χ0) is 15.2. The Balaban J connectivity index is 1.91. The Bertz CT molecular complexity index is 615. The molecule has 0 fully saturated rings. The predicted octanol–water partition coefficient (Wildman–Crippen LogP) is 3.57. The van der Waals surface area contributed by atoms with Crippen molar-refractivity contribution in [3.63, 3.8) is 0 Å². The predicted molar refractivity (Wildman–Crippen MR) is 86.0 cm³/mol. The van der Waals surface area contributed by atoms with E-state index < -0.39 is 0 Å². The molecule has 0 spiro atoms.